The van der Waals surface area contributed by atoms with E-state index in [2.05, 4.69) is 43.0 Å². The summed E-state index contributed by atoms with van der Waals surface area (Å²) in [6.45, 7) is 9.45. The fourth-order valence-electron chi connectivity index (χ4n) is 4.77. The van der Waals surface area contributed by atoms with Gasteiger partial charge in [-0.25, -0.2) is 0 Å². The summed E-state index contributed by atoms with van der Waals surface area (Å²) in [6, 6.07) is 0. The molecule has 0 saturated heterocycles. The highest BCUT2D eigenvalue weighted by molar-refractivity contribution is 4.96. The van der Waals surface area contributed by atoms with Crippen LogP contribution in [0, 0.1) is 0 Å². The average molecular weight is 421 g/mol. The van der Waals surface area contributed by atoms with Crippen LogP contribution in [0.1, 0.15) is 149 Å². The quantitative estimate of drug-likeness (QED) is 0.161. The number of rotatable bonds is 22. The molecule has 0 spiro atoms. The van der Waals surface area contributed by atoms with Crippen LogP contribution in [0.2, 0.25) is 0 Å². The fourth-order valence-corrected chi connectivity index (χ4v) is 4.77. The molecular formula is C28H56N2. The predicted molar refractivity (Wildman–Crippen MR) is 136 cm³/mol. The van der Waals surface area contributed by atoms with Crippen LogP contribution in [0.25, 0.3) is 0 Å². The summed E-state index contributed by atoms with van der Waals surface area (Å²) in [5.41, 5.74) is 0. The van der Waals surface area contributed by atoms with Crippen LogP contribution in [0.15, 0.2) is 12.4 Å². The van der Waals surface area contributed by atoms with Gasteiger partial charge in [-0.1, -0.05) is 124 Å². The maximum absolute atomic E-state index is 2.66. The molecule has 1 atom stereocenters. The molecule has 1 aliphatic rings. The molecule has 0 saturated carbocycles. The van der Waals surface area contributed by atoms with Gasteiger partial charge in [-0.2, -0.15) is 0 Å². The molecular weight excluding hydrogens is 364 g/mol. The van der Waals surface area contributed by atoms with Crippen molar-refractivity contribution in [1.29, 1.82) is 0 Å². The standard InChI is InChI=1S/C28H56N2/c1-4-7-10-12-14-15-16-17-19-22-25-30-27-26-29(28(30)23-20-9-6-3)24-21-18-13-11-8-5-2/h26-28H,4-25H2,1-3H3. The van der Waals surface area contributed by atoms with Crippen molar-refractivity contribution < 1.29 is 0 Å². The van der Waals surface area contributed by atoms with Crippen molar-refractivity contribution in [2.45, 2.75) is 155 Å². The van der Waals surface area contributed by atoms with E-state index in [0.717, 1.165) is 0 Å². The van der Waals surface area contributed by atoms with Crippen LogP contribution in [0.3, 0.4) is 0 Å². The molecule has 0 aromatic carbocycles. The lowest BCUT2D eigenvalue weighted by Crippen LogP contribution is -2.39. The number of hydrogen-bond acceptors (Lipinski definition) is 2. The van der Waals surface area contributed by atoms with Crippen LogP contribution in [-0.2, 0) is 0 Å². The minimum atomic E-state index is 0.644. The number of nitrogens with zero attached hydrogens (tertiary/aromatic N) is 2. The molecule has 1 aliphatic heterocycles. The molecule has 0 aromatic rings. The van der Waals surface area contributed by atoms with Crippen LogP contribution in [0.4, 0.5) is 0 Å². The third-order valence-corrected chi connectivity index (χ3v) is 6.82. The van der Waals surface area contributed by atoms with Crippen molar-refractivity contribution in [3.63, 3.8) is 0 Å². The zero-order valence-electron chi connectivity index (χ0n) is 21.2. The summed E-state index contributed by atoms with van der Waals surface area (Å²) in [7, 11) is 0. The lowest BCUT2D eigenvalue weighted by molar-refractivity contribution is 0.135. The van der Waals surface area contributed by atoms with Gasteiger partial charge in [0.2, 0.25) is 0 Å². The molecule has 0 bridgehead atoms. The molecule has 0 amide bonds. The topological polar surface area (TPSA) is 6.48 Å². The Morgan fingerprint density at radius 1 is 0.433 bits per heavy atom. The van der Waals surface area contributed by atoms with Gasteiger partial charge in [-0.15, -0.1) is 0 Å². The van der Waals surface area contributed by atoms with E-state index >= 15 is 0 Å². The molecule has 2 nitrogen and oxygen atoms in total. The Labute approximate surface area is 190 Å². The summed E-state index contributed by atoms with van der Waals surface area (Å²) in [4.78, 5) is 5.32. The summed E-state index contributed by atoms with van der Waals surface area (Å²) in [5.74, 6) is 0. The Morgan fingerprint density at radius 3 is 1.17 bits per heavy atom. The van der Waals surface area contributed by atoms with E-state index in [-0.39, 0.29) is 0 Å². The number of hydrogen-bond donors (Lipinski definition) is 0. The Bertz CT molecular complexity index is 379. The lowest BCUT2D eigenvalue weighted by Gasteiger charge is -2.33. The third kappa shape index (κ3) is 13.6. The molecule has 2 heteroatoms. The van der Waals surface area contributed by atoms with Crippen molar-refractivity contribution >= 4 is 0 Å². The van der Waals surface area contributed by atoms with Gasteiger partial charge < -0.3 is 9.80 Å². The first-order chi connectivity index (χ1) is 14.8. The van der Waals surface area contributed by atoms with Gasteiger partial charge >= 0.3 is 0 Å². The van der Waals surface area contributed by atoms with Crippen molar-refractivity contribution in [1.82, 2.24) is 9.80 Å². The molecule has 1 rings (SSSR count). The van der Waals surface area contributed by atoms with Gasteiger partial charge in [0.1, 0.15) is 6.17 Å². The smallest absolute Gasteiger partial charge is 0.101 e. The maximum atomic E-state index is 2.66. The zero-order valence-corrected chi connectivity index (χ0v) is 21.2. The minimum Gasteiger partial charge on any atom is -0.356 e. The minimum absolute atomic E-state index is 0.644. The van der Waals surface area contributed by atoms with Gasteiger partial charge in [0.15, 0.2) is 0 Å². The fraction of sp³-hybridized carbons (Fsp3) is 0.929. The van der Waals surface area contributed by atoms with Crippen molar-refractivity contribution in [3.05, 3.63) is 12.4 Å². The second-order valence-corrected chi connectivity index (χ2v) is 9.70. The first-order valence-corrected chi connectivity index (χ1v) is 14.0. The average Bonchev–Trinajstić information content (AvgIpc) is 3.14. The molecule has 0 fully saturated rings. The highest BCUT2D eigenvalue weighted by Gasteiger charge is 2.24. The van der Waals surface area contributed by atoms with Crippen molar-refractivity contribution in [2.24, 2.45) is 0 Å². The van der Waals surface area contributed by atoms with Crippen LogP contribution >= 0.6 is 0 Å². The normalized spacial score (nSPS) is 16.2. The van der Waals surface area contributed by atoms with E-state index in [0.29, 0.717) is 6.17 Å². The molecule has 0 aliphatic carbocycles. The summed E-state index contributed by atoms with van der Waals surface area (Å²) >= 11 is 0. The van der Waals surface area contributed by atoms with Gasteiger partial charge in [0, 0.05) is 25.5 Å². The van der Waals surface area contributed by atoms with Crippen LogP contribution in [0.5, 0.6) is 0 Å². The Balaban J connectivity index is 2.18. The van der Waals surface area contributed by atoms with E-state index in [4.69, 9.17) is 0 Å². The van der Waals surface area contributed by atoms with E-state index in [1.54, 1.807) is 0 Å². The van der Waals surface area contributed by atoms with Crippen LogP contribution < -0.4 is 0 Å². The first-order valence-electron chi connectivity index (χ1n) is 14.0. The van der Waals surface area contributed by atoms with E-state index in [1.807, 2.05) is 0 Å². The van der Waals surface area contributed by atoms with E-state index < -0.39 is 0 Å². The van der Waals surface area contributed by atoms with E-state index in [9.17, 15) is 0 Å². The summed E-state index contributed by atoms with van der Waals surface area (Å²) < 4.78 is 0. The summed E-state index contributed by atoms with van der Waals surface area (Å²) in [5, 5.41) is 0. The lowest BCUT2D eigenvalue weighted by atomic mass is 10.1. The van der Waals surface area contributed by atoms with Gasteiger partial charge in [0.05, 0.1) is 0 Å². The second kappa shape index (κ2) is 20.3. The van der Waals surface area contributed by atoms with Crippen molar-refractivity contribution in [2.75, 3.05) is 13.1 Å². The van der Waals surface area contributed by atoms with Gasteiger partial charge in [-0.05, 0) is 25.7 Å². The molecule has 0 N–H and O–H groups in total. The predicted octanol–water partition coefficient (Wildman–Crippen LogP) is 9.26. The Kier molecular flexibility index (Phi) is 18.5. The molecule has 1 heterocycles. The maximum Gasteiger partial charge on any atom is 0.101 e. The van der Waals surface area contributed by atoms with Gasteiger partial charge in [-0.3, -0.25) is 0 Å². The molecule has 0 radical (unpaired) electrons. The largest absolute Gasteiger partial charge is 0.356 e. The first kappa shape index (κ1) is 27.4. The second-order valence-electron chi connectivity index (χ2n) is 9.70. The monoisotopic (exact) mass is 420 g/mol. The molecule has 1 unspecified atom stereocenters. The molecule has 0 aromatic heterocycles. The third-order valence-electron chi connectivity index (χ3n) is 6.82. The molecule has 30 heavy (non-hydrogen) atoms. The SMILES string of the molecule is CCCCCCCCCCCCN1C=CN(CCCCCCCC)C1CCCCC. The Morgan fingerprint density at radius 2 is 0.767 bits per heavy atom. The number of unbranched alkanes of at least 4 members (excludes halogenated alkanes) is 16. The summed E-state index contributed by atoms with van der Waals surface area (Å²) in [6.07, 6.45) is 33.6. The zero-order chi connectivity index (χ0) is 21.7. The highest BCUT2D eigenvalue weighted by Crippen LogP contribution is 2.23. The van der Waals surface area contributed by atoms with Crippen LogP contribution in [-0.4, -0.2) is 29.1 Å². The van der Waals surface area contributed by atoms with E-state index in [1.165, 1.54) is 142 Å². The van der Waals surface area contributed by atoms with Gasteiger partial charge in [0.25, 0.3) is 0 Å². The highest BCUT2D eigenvalue weighted by atomic mass is 15.4. The molecule has 178 valence electrons. The Hall–Kier alpha value is -0.660. The van der Waals surface area contributed by atoms with Crippen molar-refractivity contribution in [3.8, 4) is 0 Å².